The van der Waals surface area contributed by atoms with Gasteiger partial charge in [-0.2, -0.15) is 0 Å². The first-order valence-electron chi connectivity index (χ1n) is 7.68. The molecule has 1 aromatic rings. The zero-order valence-corrected chi connectivity index (χ0v) is 13.7. The molecule has 2 amide bonds. The number of anilines is 1. The Morgan fingerprint density at radius 3 is 2.30 bits per heavy atom. The van der Waals surface area contributed by atoms with Crippen LogP contribution < -0.4 is 10.2 Å². The zero-order chi connectivity index (χ0) is 16.8. The van der Waals surface area contributed by atoms with E-state index in [1.165, 1.54) is 7.11 Å². The van der Waals surface area contributed by atoms with Gasteiger partial charge in [-0.25, -0.2) is 19.6 Å². The number of ether oxygens (including phenoxy) is 1. The van der Waals surface area contributed by atoms with Crippen LogP contribution in [0.25, 0.3) is 0 Å². The molecule has 126 valence electrons. The predicted octanol–water partition coefficient (Wildman–Crippen LogP) is 0.506. The van der Waals surface area contributed by atoms with Crippen LogP contribution in [0.5, 0.6) is 0 Å². The van der Waals surface area contributed by atoms with Crippen molar-refractivity contribution >= 4 is 17.9 Å². The van der Waals surface area contributed by atoms with Crippen LogP contribution in [0.2, 0.25) is 0 Å². The number of methoxy groups -OCH3 is 1. The second kappa shape index (κ2) is 7.75. The molecule has 1 aliphatic heterocycles. The number of rotatable bonds is 4. The number of nitrogens with zero attached hydrogens (tertiary/aromatic N) is 4. The quantitative estimate of drug-likeness (QED) is 0.813. The van der Waals surface area contributed by atoms with E-state index in [4.69, 9.17) is 4.74 Å². The van der Waals surface area contributed by atoms with Gasteiger partial charge in [-0.3, -0.25) is 0 Å². The third-order valence-electron chi connectivity index (χ3n) is 3.80. The molecular formula is C15H23N5O3. The monoisotopic (exact) mass is 321 g/mol. The van der Waals surface area contributed by atoms with Crippen LogP contribution in [0.15, 0.2) is 18.5 Å². The first-order valence-corrected chi connectivity index (χ1v) is 7.68. The van der Waals surface area contributed by atoms with Gasteiger partial charge in [0.25, 0.3) is 0 Å². The Balaban J connectivity index is 1.89. The smallest absolute Gasteiger partial charge is 0.328 e. The van der Waals surface area contributed by atoms with Gasteiger partial charge in [0.15, 0.2) is 0 Å². The largest absolute Gasteiger partial charge is 0.467 e. The van der Waals surface area contributed by atoms with Crippen LogP contribution >= 0.6 is 0 Å². The minimum absolute atomic E-state index is 0.0367. The third-order valence-corrected chi connectivity index (χ3v) is 3.80. The lowest BCUT2D eigenvalue weighted by Gasteiger charge is -2.35. The molecule has 8 nitrogen and oxygen atoms in total. The average molecular weight is 321 g/mol. The number of aromatic nitrogens is 2. The Kier molecular flexibility index (Phi) is 5.72. The molecule has 2 rings (SSSR count). The summed E-state index contributed by atoms with van der Waals surface area (Å²) in [4.78, 5) is 36.2. The van der Waals surface area contributed by atoms with Crippen LogP contribution in [0.1, 0.15) is 13.8 Å². The molecule has 0 bridgehead atoms. The van der Waals surface area contributed by atoms with E-state index in [9.17, 15) is 9.59 Å². The predicted molar refractivity (Wildman–Crippen MR) is 85.0 cm³/mol. The SMILES string of the molecule is COC(=O)[C@@H](NC(=O)N1CCN(c2ncccn2)CC1)C(C)C. The molecule has 8 heteroatoms. The van der Waals surface area contributed by atoms with Gasteiger partial charge in [-0.15, -0.1) is 0 Å². The summed E-state index contributed by atoms with van der Waals surface area (Å²) in [5.41, 5.74) is 0. The number of carbonyl (C=O) groups is 2. The lowest BCUT2D eigenvalue weighted by molar-refractivity contribution is -0.144. The van der Waals surface area contributed by atoms with Crippen molar-refractivity contribution in [3.05, 3.63) is 18.5 Å². The zero-order valence-electron chi connectivity index (χ0n) is 13.7. The number of urea groups is 1. The summed E-state index contributed by atoms with van der Waals surface area (Å²) in [6.07, 6.45) is 3.40. The van der Waals surface area contributed by atoms with Crippen LogP contribution in [0, 0.1) is 5.92 Å². The first kappa shape index (κ1) is 17.0. The van der Waals surface area contributed by atoms with Crippen molar-refractivity contribution in [1.29, 1.82) is 0 Å². The Morgan fingerprint density at radius 1 is 1.17 bits per heavy atom. The van der Waals surface area contributed by atoms with E-state index in [1.54, 1.807) is 23.4 Å². The molecule has 0 saturated carbocycles. The molecule has 0 aliphatic carbocycles. The fraction of sp³-hybridized carbons (Fsp3) is 0.600. The molecule has 0 spiro atoms. The Hall–Kier alpha value is -2.38. The highest BCUT2D eigenvalue weighted by Crippen LogP contribution is 2.11. The second-order valence-electron chi connectivity index (χ2n) is 5.72. The summed E-state index contributed by atoms with van der Waals surface area (Å²) in [7, 11) is 1.32. The van der Waals surface area contributed by atoms with Crippen molar-refractivity contribution in [2.45, 2.75) is 19.9 Å². The van der Waals surface area contributed by atoms with Crippen molar-refractivity contribution in [2.75, 3.05) is 38.2 Å². The molecule has 1 aliphatic rings. The van der Waals surface area contributed by atoms with Gasteiger partial charge in [0.05, 0.1) is 7.11 Å². The highest BCUT2D eigenvalue weighted by molar-refractivity contribution is 5.83. The maximum atomic E-state index is 12.3. The number of nitrogens with one attached hydrogen (secondary N) is 1. The summed E-state index contributed by atoms with van der Waals surface area (Å²) in [5, 5.41) is 2.75. The van der Waals surface area contributed by atoms with Gasteiger partial charge in [-0.1, -0.05) is 13.8 Å². The number of piperazine rings is 1. The molecule has 23 heavy (non-hydrogen) atoms. The maximum Gasteiger partial charge on any atom is 0.328 e. The number of esters is 1. The van der Waals surface area contributed by atoms with Crippen molar-refractivity contribution < 1.29 is 14.3 Å². The Morgan fingerprint density at radius 2 is 1.78 bits per heavy atom. The first-order chi connectivity index (χ1) is 11.0. The second-order valence-corrected chi connectivity index (χ2v) is 5.72. The number of amides is 2. The number of carbonyl (C=O) groups excluding carboxylic acids is 2. The van der Waals surface area contributed by atoms with Gasteiger partial charge in [0.2, 0.25) is 5.95 Å². The van der Waals surface area contributed by atoms with Crippen molar-refractivity contribution in [1.82, 2.24) is 20.2 Å². The number of hydrogen-bond acceptors (Lipinski definition) is 6. The van der Waals surface area contributed by atoms with E-state index >= 15 is 0 Å². The summed E-state index contributed by atoms with van der Waals surface area (Å²) in [5.74, 6) is 0.206. The van der Waals surface area contributed by atoms with E-state index in [2.05, 4.69) is 15.3 Å². The van der Waals surface area contributed by atoms with Gasteiger partial charge in [0, 0.05) is 38.6 Å². The van der Waals surface area contributed by atoms with Crippen LogP contribution in [-0.4, -0.2) is 66.2 Å². The molecule has 0 radical (unpaired) electrons. The summed E-state index contributed by atoms with van der Waals surface area (Å²) >= 11 is 0. The molecule has 1 saturated heterocycles. The molecule has 1 fully saturated rings. The minimum Gasteiger partial charge on any atom is -0.467 e. The van der Waals surface area contributed by atoms with E-state index in [0.717, 1.165) is 0 Å². The lowest BCUT2D eigenvalue weighted by atomic mass is 10.1. The fourth-order valence-electron chi connectivity index (χ4n) is 2.41. The van der Waals surface area contributed by atoms with Gasteiger partial charge in [-0.05, 0) is 12.0 Å². The van der Waals surface area contributed by atoms with Crippen LogP contribution in [-0.2, 0) is 9.53 Å². The van der Waals surface area contributed by atoms with Crippen LogP contribution in [0.4, 0.5) is 10.7 Å². The minimum atomic E-state index is -0.636. The third kappa shape index (κ3) is 4.30. The van der Waals surface area contributed by atoms with Gasteiger partial charge < -0.3 is 19.9 Å². The molecule has 0 unspecified atom stereocenters. The van der Waals surface area contributed by atoms with Crippen molar-refractivity contribution in [2.24, 2.45) is 5.92 Å². The molecule has 1 N–H and O–H groups in total. The topological polar surface area (TPSA) is 87.7 Å². The van der Waals surface area contributed by atoms with E-state index in [0.29, 0.717) is 32.1 Å². The Bertz CT molecular complexity index is 529. The summed E-state index contributed by atoms with van der Waals surface area (Å²) < 4.78 is 4.74. The summed E-state index contributed by atoms with van der Waals surface area (Å²) in [6.45, 7) is 6.15. The van der Waals surface area contributed by atoms with Crippen molar-refractivity contribution in [3.8, 4) is 0 Å². The highest BCUT2D eigenvalue weighted by atomic mass is 16.5. The average Bonchev–Trinajstić information content (AvgIpc) is 2.59. The normalized spacial score (nSPS) is 16.2. The number of hydrogen-bond donors (Lipinski definition) is 1. The summed E-state index contributed by atoms with van der Waals surface area (Å²) in [6, 6.07) is 0.886. The van der Waals surface area contributed by atoms with Crippen LogP contribution in [0.3, 0.4) is 0 Å². The van der Waals surface area contributed by atoms with E-state index in [-0.39, 0.29) is 11.9 Å². The molecule has 1 atom stereocenters. The Labute approximate surface area is 135 Å². The molecular weight excluding hydrogens is 298 g/mol. The molecule has 0 aromatic carbocycles. The standard InChI is InChI=1S/C15H23N5O3/c1-11(2)12(13(21)23-3)18-15(22)20-9-7-19(8-10-20)14-16-5-4-6-17-14/h4-6,11-12H,7-10H2,1-3H3,(H,18,22)/t12-/m0/s1. The van der Waals surface area contributed by atoms with Gasteiger partial charge >= 0.3 is 12.0 Å². The van der Waals surface area contributed by atoms with Crippen molar-refractivity contribution in [3.63, 3.8) is 0 Å². The van der Waals surface area contributed by atoms with Gasteiger partial charge in [0.1, 0.15) is 6.04 Å². The maximum absolute atomic E-state index is 12.3. The highest BCUT2D eigenvalue weighted by Gasteiger charge is 2.29. The lowest BCUT2D eigenvalue weighted by Crippen LogP contribution is -2.56. The fourth-order valence-corrected chi connectivity index (χ4v) is 2.41. The van der Waals surface area contributed by atoms with E-state index in [1.807, 2.05) is 18.7 Å². The molecule has 1 aromatic heterocycles. The van der Waals surface area contributed by atoms with E-state index < -0.39 is 12.0 Å². The molecule has 2 heterocycles.